The second-order valence-electron chi connectivity index (χ2n) is 3.46. The molecule has 2 rings (SSSR count). The summed E-state index contributed by atoms with van der Waals surface area (Å²) in [4.78, 5) is 2.46. The molecule has 0 aliphatic carbocycles. The van der Waals surface area contributed by atoms with Gasteiger partial charge >= 0.3 is 0 Å². The summed E-state index contributed by atoms with van der Waals surface area (Å²) in [6, 6.07) is 0.644. The molecule has 1 aliphatic heterocycles. The van der Waals surface area contributed by atoms with Crippen LogP contribution in [0.15, 0.2) is 0 Å². The molecule has 13 heavy (non-hydrogen) atoms. The summed E-state index contributed by atoms with van der Waals surface area (Å²) in [6.07, 6.45) is 1.06. The molecule has 5 heteroatoms. The van der Waals surface area contributed by atoms with E-state index < -0.39 is 0 Å². The van der Waals surface area contributed by atoms with Gasteiger partial charge in [0.1, 0.15) is 0 Å². The Balaban J connectivity index is 2.08. The Morgan fingerprint density at radius 1 is 1.69 bits per heavy atom. The average molecular weight is 292 g/mol. The average Bonchev–Trinajstić information content (AvgIpc) is 2.63. The molecule has 1 atom stereocenters. The quantitative estimate of drug-likeness (QED) is 0.653. The predicted octanol–water partition coefficient (Wildman–Crippen LogP) is 0.986. The van der Waals surface area contributed by atoms with Crippen LogP contribution in [0.5, 0.6) is 0 Å². The molecule has 0 amide bonds. The lowest BCUT2D eigenvalue weighted by Crippen LogP contribution is -2.38. The van der Waals surface area contributed by atoms with Crippen molar-refractivity contribution in [2.75, 3.05) is 11.0 Å². The molecule has 0 saturated carbocycles. The van der Waals surface area contributed by atoms with E-state index in [1.165, 1.54) is 10.1 Å². The van der Waals surface area contributed by atoms with Gasteiger partial charge in [0.25, 0.3) is 0 Å². The van der Waals surface area contributed by atoms with Crippen molar-refractivity contribution in [2.45, 2.75) is 25.9 Å². The highest BCUT2D eigenvalue weighted by atomic mass is 127. The number of rotatable bonds is 2. The van der Waals surface area contributed by atoms with Crippen LogP contribution in [0.25, 0.3) is 0 Å². The van der Waals surface area contributed by atoms with E-state index in [0.717, 1.165) is 25.2 Å². The van der Waals surface area contributed by atoms with Crippen LogP contribution in [-0.2, 0) is 13.0 Å². The second kappa shape index (κ2) is 3.91. The lowest BCUT2D eigenvalue weighted by Gasteiger charge is -2.30. The molecule has 1 aliphatic rings. The Labute approximate surface area is 91.2 Å². The van der Waals surface area contributed by atoms with E-state index >= 15 is 0 Å². The maximum absolute atomic E-state index is 4.07. The first kappa shape index (κ1) is 9.39. The fourth-order valence-corrected chi connectivity index (χ4v) is 2.16. The zero-order valence-corrected chi connectivity index (χ0v) is 9.78. The molecule has 1 aromatic rings. The first-order valence-corrected chi connectivity index (χ1v) is 6.02. The van der Waals surface area contributed by atoms with Crippen LogP contribution in [0.3, 0.4) is 0 Å². The van der Waals surface area contributed by atoms with Crippen LogP contribution in [0.2, 0.25) is 0 Å². The number of aromatic nitrogens is 3. The summed E-state index contributed by atoms with van der Waals surface area (Å²) in [6.45, 7) is 4.34. The number of aromatic amines is 1. The molecule has 1 aromatic heterocycles. The third-order valence-electron chi connectivity index (χ3n) is 2.55. The molecular formula is C8H13IN4. The van der Waals surface area contributed by atoms with Crippen LogP contribution < -0.4 is 0 Å². The third-order valence-corrected chi connectivity index (χ3v) is 3.83. The van der Waals surface area contributed by atoms with Gasteiger partial charge < -0.3 is 0 Å². The van der Waals surface area contributed by atoms with Gasteiger partial charge in [-0.05, 0) is 6.92 Å². The van der Waals surface area contributed by atoms with Crippen molar-refractivity contribution in [3.63, 3.8) is 0 Å². The molecule has 4 nitrogen and oxygen atoms in total. The Morgan fingerprint density at radius 2 is 2.54 bits per heavy atom. The summed E-state index contributed by atoms with van der Waals surface area (Å²) in [5, 5.41) is 10.8. The smallest absolute Gasteiger partial charge is 0.0997 e. The van der Waals surface area contributed by atoms with Gasteiger partial charge in [-0.1, -0.05) is 27.8 Å². The Bertz CT molecular complexity index is 285. The SMILES string of the molecule is CC(CI)N1CCc2[nH]nnc2C1. The highest BCUT2D eigenvalue weighted by molar-refractivity contribution is 14.1. The number of nitrogens with zero attached hydrogens (tertiary/aromatic N) is 3. The fraction of sp³-hybridized carbons (Fsp3) is 0.750. The number of alkyl halides is 1. The summed E-state index contributed by atoms with van der Waals surface area (Å²) < 4.78 is 1.17. The van der Waals surface area contributed by atoms with Gasteiger partial charge in [0.2, 0.25) is 0 Å². The molecule has 0 bridgehead atoms. The van der Waals surface area contributed by atoms with Crippen LogP contribution >= 0.6 is 22.6 Å². The van der Waals surface area contributed by atoms with Gasteiger partial charge in [-0.2, -0.15) is 0 Å². The molecule has 1 unspecified atom stereocenters. The maximum Gasteiger partial charge on any atom is 0.0997 e. The number of halogens is 1. The van der Waals surface area contributed by atoms with Crippen molar-refractivity contribution in [2.24, 2.45) is 0 Å². The number of hydrogen-bond donors (Lipinski definition) is 1. The first-order chi connectivity index (χ1) is 6.31. The molecule has 0 fully saturated rings. The van der Waals surface area contributed by atoms with E-state index in [2.05, 4.69) is 49.8 Å². The van der Waals surface area contributed by atoms with Crippen molar-refractivity contribution >= 4 is 22.6 Å². The zero-order chi connectivity index (χ0) is 9.26. The summed E-state index contributed by atoms with van der Waals surface area (Å²) in [5.74, 6) is 0. The largest absolute Gasteiger partial charge is 0.294 e. The monoisotopic (exact) mass is 292 g/mol. The Kier molecular flexibility index (Phi) is 2.83. The molecule has 0 saturated heterocycles. The van der Waals surface area contributed by atoms with Gasteiger partial charge in [-0.15, -0.1) is 5.10 Å². The van der Waals surface area contributed by atoms with Crippen LogP contribution in [-0.4, -0.2) is 37.3 Å². The van der Waals surface area contributed by atoms with E-state index in [9.17, 15) is 0 Å². The van der Waals surface area contributed by atoms with E-state index in [0.29, 0.717) is 6.04 Å². The minimum Gasteiger partial charge on any atom is -0.294 e. The van der Waals surface area contributed by atoms with Crippen LogP contribution in [0.4, 0.5) is 0 Å². The lowest BCUT2D eigenvalue weighted by atomic mass is 10.1. The lowest BCUT2D eigenvalue weighted by molar-refractivity contribution is 0.205. The van der Waals surface area contributed by atoms with Crippen molar-refractivity contribution in [3.8, 4) is 0 Å². The highest BCUT2D eigenvalue weighted by Crippen LogP contribution is 2.16. The van der Waals surface area contributed by atoms with E-state index in [1.54, 1.807) is 0 Å². The molecule has 72 valence electrons. The number of fused-ring (bicyclic) bond motifs is 1. The molecular weight excluding hydrogens is 279 g/mol. The van der Waals surface area contributed by atoms with Gasteiger partial charge in [0.15, 0.2) is 0 Å². The number of hydrogen-bond acceptors (Lipinski definition) is 3. The first-order valence-electron chi connectivity index (χ1n) is 4.50. The predicted molar refractivity (Wildman–Crippen MR) is 58.8 cm³/mol. The topological polar surface area (TPSA) is 44.8 Å². The van der Waals surface area contributed by atoms with E-state index in [4.69, 9.17) is 0 Å². The molecule has 0 aromatic carbocycles. The minimum atomic E-state index is 0.644. The normalized spacial score (nSPS) is 19.8. The summed E-state index contributed by atoms with van der Waals surface area (Å²) in [5.41, 5.74) is 2.35. The van der Waals surface area contributed by atoms with Crippen molar-refractivity contribution in [1.29, 1.82) is 0 Å². The molecule has 1 N–H and O–H groups in total. The second-order valence-corrected chi connectivity index (χ2v) is 4.34. The van der Waals surface area contributed by atoms with Crippen molar-refractivity contribution in [1.82, 2.24) is 20.3 Å². The van der Waals surface area contributed by atoms with Crippen LogP contribution in [0, 0.1) is 0 Å². The van der Waals surface area contributed by atoms with Gasteiger partial charge in [0, 0.05) is 30.0 Å². The Morgan fingerprint density at radius 3 is 3.31 bits per heavy atom. The minimum absolute atomic E-state index is 0.644. The maximum atomic E-state index is 4.07. The van der Waals surface area contributed by atoms with Crippen LogP contribution in [0.1, 0.15) is 18.3 Å². The van der Waals surface area contributed by atoms with E-state index in [1.807, 2.05) is 0 Å². The Hall–Kier alpha value is -0.170. The molecule has 0 radical (unpaired) electrons. The number of H-pyrrole nitrogens is 1. The van der Waals surface area contributed by atoms with Gasteiger partial charge in [-0.25, -0.2) is 0 Å². The van der Waals surface area contributed by atoms with E-state index in [-0.39, 0.29) is 0 Å². The van der Waals surface area contributed by atoms with Crippen molar-refractivity contribution < 1.29 is 0 Å². The standard InChI is InChI=1S/C8H13IN4/c1-6(4-9)13-3-2-7-8(5-13)11-12-10-7/h6H,2-5H2,1H3,(H,10,11,12). The van der Waals surface area contributed by atoms with Gasteiger partial charge in [0.05, 0.1) is 11.4 Å². The summed E-state index contributed by atoms with van der Waals surface area (Å²) in [7, 11) is 0. The molecule has 2 heterocycles. The van der Waals surface area contributed by atoms with Gasteiger partial charge in [-0.3, -0.25) is 10.00 Å². The number of nitrogens with one attached hydrogen (secondary N) is 1. The highest BCUT2D eigenvalue weighted by Gasteiger charge is 2.21. The third kappa shape index (κ3) is 1.85. The fourth-order valence-electron chi connectivity index (χ4n) is 1.60. The molecule has 0 spiro atoms. The zero-order valence-electron chi connectivity index (χ0n) is 7.63. The summed E-state index contributed by atoms with van der Waals surface area (Å²) >= 11 is 2.43. The van der Waals surface area contributed by atoms with Crippen molar-refractivity contribution in [3.05, 3.63) is 11.4 Å².